The predicted octanol–water partition coefficient (Wildman–Crippen LogP) is 3.05. The van der Waals surface area contributed by atoms with Crippen molar-refractivity contribution in [1.82, 2.24) is 4.90 Å². The van der Waals surface area contributed by atoms with Crippen LogP contribution in [0.5, 0.6) is 0 Å². The molecular formula is C19H28N2O3S. The van der Waals surface area contributed by atoms with E-state index in [0.29, 0.717) is 29.6 Å². The van der Waals surface area contributed by atoms with E-state index < -0.39 is 10.0 Å². The average molecular weight is 365 g/mol. The zero-order valence-corrected chi connectivity index (χ0v) is 16.3. The van der Waals surface area contributed by atoms with Gasteiger partial charge in [-0.2, -0.15) is 0 Å². The second-order valence-corrected chi connectivity index (χ2v) is 9.56. The molecule has 0 saturated heterocycles. The largest absolute Gasteiger partial charge is 0.338 e. The lowest BCUT2D eigenvalue weighted by molar-refractivity contribution is 0.0629. The van der Waals surface area contributed by atoms with E-state index in [9.17, 15) is 13.2 Å². The number of sulfonamides is 1. The zero-order chi connectivity index (χ0) is 18.4. The molecule has 1 aliphatic heterocycles. The van der Waals surface area contributed by atoms with Crippen molar-refractivity contribution in [2.75, 3.05) is 17.6 Å². The highest BCUT2D eigenvalue weighted by Crippen LogP contribution is 2.35. The number of carbonyl (C=O) groups is 1. The van der Waals surface area contributed by atoms with Crippen LogP contribution in [-0.2, 0) is 16.4 Å². The average Bonchev–Trinajstić information content (AvgIpc) is 2.88. The highest BCUT2D eigenvalue weighted by Gasteiger charge is 2.34. The Morgan fingerprint density at radius 1 is 1.20 bits per heavy atom. The van der Waals surface area contributed by atoms with Crippen molar-refractivity contribution in [1.29, 1.82) is 0 Å². The summed E-state index contributed by atoms with van der Waals surface area (Å²) in [5, 5.41) is 0. The number of benzene rings is 1. The van der Waals surface area contributed by atoms with Gasteiger partial charge in [-0.3, -0.25) is 9.10 Å². The minimum atomic E-state index is -3.30. The standard InChI is InChI=1S/C19H28N2O3S/c1-13-7-5-6-8-17(13)20(3)19(22)15-9-10-18-16(12-15)11-14(2)21(18)25(4,23)24/h9-10,12-14,17H,5-8,11H2,1-4H3. The molecule has 0 spiro atoms. The number of nitrogens with zero attached hydrogens (tertiary/aromatic N) is 2. The van der Waals surface area contributed by atoms with E-state index >= 15 is 0 Å². The molecule has 1 aromatic rings. The maximum Gasteiger partial charge on any atom is 0.253 e. The van der Waals surface area contributed by atoms with Gasteiger partial charge < -0.3 is 4.90 Å². The van der Waals surface area contributed by atoms with Gasteiger partial charge in [0.15, 0.2) is 0 Å². The maximum absolute atomic E-state index is 12.9. The molecule has 1 aromatic carbocycles. The van der Waals surface area contributed by atoms with E-state index in [-0.39, 0.29) is 11.9 Å². The van der Waals surface area contributed by atoms with Gasteiger partial charge >= 0.3 is 0 Å². The Bertz CT molecular complexity index is 775. The lowest BCUT2D eigenvalue weighted by atomic mass is 9.85. The van der Waals surface area contributed by atoms with Crippen molar-refractivity contribution >= 4 is 21.6 Å². The minimum Gasteiger partial charge on any atom is -0.338 e. The van der Waals surface area contributed by atoms with Gasteiger partial charge in [0, 0.05) is 24.7 Å². The van der Waals surface area contributed by atoms with E-state index in [2.05, 4.69) is 6.92 Å². The third kappa shape index (κ3) is 3.41. The molecule has 0 aromatic heterocycles. The van der Waals surface area contributed by atoms with Gasteiger partial charge in [-0.25, -0.2) is 8.42 Å². The van der Waals surface area contributed by atoms with Crippen molar-refractivity contribution < 1.29 is 13.2 Å². The van der Waals surface area contributed by atoms with Crippen LogP contribution < -0.4 is 4.31 Å². The van der Waals surface area contributed by atoms with Gasteiger partial charge in [-0.15, -0.1) is 0 Å². The summed E-state index contributed by atoms with van der Waals surface area (Å²) in [5.41, 5.74) is 2.30. The third-order valence-electron chi connectivity index (χ3n) is 5.72. The molecule has 0 radical (unpaired) electrons. The van der Waals surface area contributed by atoms with Gasteiger partial charge in [0.2, 0.25) is 10.0 Å². The van der Waals surface area contributed by atoms with Crippen molar-refractivity contribution in [3.63, 3.8) is 0 Å². The van der Waals surface area contributed by atoms with Crippen LogP contribution >= 0.6 is 0 Å². The molecule has 1 saturated carbocycles. The molecule has 6 heteroatoms. The predicted molar refractivity (Wildman–Crippen MR) is 100 cm³/mol. The Morgan fingerprint density at radius 3 is 2.52 bits per heavy atom. The normalized spacial score (nSPS) is 26.4. The first kappa shape index (κ1) is 18.2. The summed E-state index contributed by atoms with van der Waals surface area (Å²) >= 11 is 0. The summed E-state index contributed by atoms with van der Waals surface area (Å²) in [5.74, 6) is 0.560. The molecule has 0 N–H and O–H groups in total. The molecule has 1 fully saturated rings. The van der Waals surface area contributed by atoms with Crippen LogP contribution in [0, 0.1) is 5.92 Å². The Morgan fingerprint density at radius 2 is 1.88 bits per heavy atom. The first-order valence-electron chi connectivity index (χ1n) is 9.09. The number of rotatable bonds is 3. The first-order valence-corrected chi connectivity index (χ1v) is 10.9. The fourth-order valence-corrected chi connectivity index (χ4v) is 5.73. The van der Waals surface area contributed by atoms with Gasteiger partial charge in [0.1, 0.15) is 0 Å². The molecule has 138 valence electrons. The van der Waals surface area contributed by atoms with Crippen molar-refractivity contribution in [2.45, 2.75) is 58.0 Å². The van der Waals surface area contributed by atoms with E-state index in [4.69, 9.17) is 0 Å². The lowest BCUT2D eigenvalue weighted by Crippen LogP contribution is -2.42. The fraction of sp³-hybridized carbons (Fsp3) is 0.632. The first-order chi connectivity index (χ1) is 11.7. The maximum atomic E-state index is 12.9. The second kappa shape index (κ2) is 6.63. The monoisotopic (exact) mass is 364 g/mol. The molecular weight excluding hydrogens is 336 g/mol. The van der Waals surface area contributed by atoms with Crippen LogP contribution in [0.3, 0.4) is 0 Å². The molecule has 3 rings (SSSR count). The number of anilines is 1. The number of hydrogen-bond acceptors (Lipinski definition) is 3. The van der Waals surface area contributed by atoms with Crippen LogP contribution in [0.25, 0.3) is 0 Å². The molecule has 25 heavy (non-hydrogen) atoms. The number of amides is 1. The molecule has 3 atom stereocenters. The molecule has 2 aliphatic rings. The summed E-state index contributed by atoms with van der Waals surface area (Å²) in [6, 6.07) is 5.61. The number of carbonyl (C=O) groups excluding carboxylic acids is 1. The summed E-state index contributed by atoms with van der Waals surface area (Å²) < 4.78 is 25.5. The van der Waals surface area contributed by atoms with Gasteiger partial charge in [0.05, 0.1) is 11.9 Å². The van der Waals surface area contributed by atoms with Crippen molar-refractivity contribution in [2.24, 2.45) is 5.92 Å². The molecule has 5 nitrogen and oxygen atoms in total. The summed E-state index contributed by atoms with van der Waals surface area (Å²) in [6.45, 7) is 4.13. The smallest absolute Gasteiger partial charge is 0.253 e. The Kier molecular flexibility index (Phi) is 4.84. The molecule has 0 bridgehead atoms. The van der Waals surface area contributed by atoms with Crippen LogP contribution in [0.15, 0.2) is 18.2 Å². The van der Waals surface area contributed by atoms with E-state index in [1.165, 1.54) is 29.8 Å². The van der Waals surface area contributed by atoms with Crippen LogP contribution in [0.1, 0.15) is 55.5 Å². The topological polar surface area (TPSA) is 57.7 Å². The Hall–Kier alpha value is -1.56. The third-order valence-corrected chi connectivity index (χ3v) is 6.99. The van der Waals surface area contributed by atoms with Crippen LogP contribution in [0.2, 0.25) is 0 Å². The SMILES string of the molecule is CC1CCCCC1N(C)C(=O)c1ccc2c(c1)CC(C)N2S(C)(=O)=O. The van der Waals surface area contributed by atoms with Crippen molar-refractivity contribution in [3.8, 4) is 0 Å². The van der Waals surface area contributed by atoms with E-state index in [1.807, 2.05) is 24.9 Å². The zero-order valence-electron chi connectivity index (χ0n) is 15.5. The second-order valence-electron chi connectivity index (χ2n) is 7.70. The molecule has 1 aliphatic carbocycles. The quantitative estimate of drug-likeness (QED) is 0.828. The van der Waals surface area contributed by atoms with Crippen molar-refractivity contribution in [3.05, 3.63) is 29.3 Å². The fourth-order valence-electron chi connectivity index (χ4n) is 4.47. The highest BCUT2D eigenvalue weighted by molar-refractivity contribution is 7.92. The van der Waals surface area contributed by atoms with Crippen LogP contribution in [0.4, 0.5) is 5.69 Å². The number of hydrogen-bond donors (Lipinski definition) is 0. The lowest BCUT2D eigenvalue weighted by Gasteiger charge is -2.36. The Labute approximate surface area is 151 Å². The van der Waals surface area contributed by atoms with Gasteiger partial charge in [-0.05, 0) is 55.9 Å². The van der Waals surface area contributed by atoms with E-state index in [1.54, 1.807) is 12.1 Å². The van der Waals surface area contributed by atoms with Gasteiger partial charge in [0.25, 0.3) is 5.91 Å². The summed E-state index contributed by atoms with van der Waals surface area (Å²) in [7, 11) is -1.40. The van der Waals surface area contributed by atoms with Gasteiger partial charge in [-0.1, -0.05) is 19.8 Å². The molecule has 1 heterocycles. The molecule has 1 amide bonds. The minimum absolute atomic E-state index is 0.0343. The highest BCUT2D eigenvalue weighted by atomic mass is 32.2. The summed E-state index contributed by atoms with van der Waals surface area (Å²) in [4.78, 5) is 14.8. The Balaban J connectivity index is 1.85. The molecule has 3 unspecified atom stereocenters. The summed E-state index contributed by atoms with van der Waals surface area (Å²) in [6.07, 6.45) is 6.54. The van der Waals surface area contributed by atoms with E-state index in [0.717, 1.165) is 12.0 Å². The number of fused-ring (bicyclic) bond motifs is 1. The van der Waals surface area contributed by atoms with Crippen LogP contribution in [-0.4, -0.2) is 44.6 Å².